The number of halogens is 2. The van der Waals surface area contributed by atoms with Crippen molar-refractivity contribution < 1.29 is 0 Å². The summed E-state index contributed by atoms with van der Waals surface area (Å²) in [6.07, 6.45) is 0.979. The molecule has 0 spiro atoms. The van der Waals surface area contributed by atoms with Crippen molar-refractivity contribution in [1.82, 2.24) is 10.3 Å². The van der Waals surface area contributed by atoms with Crippen LogP contribution in [-0.4, -0.2) is 11.5 Å². The maximum Gasteiger partial charge on any atom is 0.0940 e. The van der Waals surface area contributed by atoms with Crippen LogP contribution in [0.1, 0.15) is 16.3 Å². The van der Waals surface area contributed by atoms with Crippen LogP contribution in [0.15, 0.2) is 28.1 Å². The first-order valence-electron chi connectivity index (χ1n) is 5.71. The fraction of sp³-hybridized carbons (Fsp3) is 0.308. The SMILES string of the molecule is Cc1csc(CCNCc2ccc(Cl)c(Br)c2)n1. The van der Waals surface area contributed by atoms with Gasteiger partial charge in [0.15, 0.2) is 0 Å². The van der Waals surface area contributed by atoms with Crippen LogP contribution in [0.2, 0.25) is 5.02 Å². The molecule has 0 amide bonds. The van der Waals surface area contributed by atoms with Gasteiger partial charge in [-0.3, -0.25) is 0 Å². The molecule has 0 saturated carbocycles. The van der Waals surface area contributed by atoms with E-state index in [0.29, 0.717) is 0 Å². The number of nitrogens with one attached hydrogen (secondary N) is 1. The summed E-state index contributed by atoms with van der Waals surface area (Å²) in [5.74, 6) is 0. The molecule has 1 aromatic heterocycles. The van der Waals surface area contributed by atoms with Crippen LogP contribution in [0.25, 0.3) is 0 Å². The van der Waals surface area contributed by atoms with Crippen LogP contribution in [0.5, 0.6) is 0 Å². The lowest BCUT2D eigenvalue weighted by atomic mass is 10.2. The van der Waals surface area contributed by atoms with Gasteiger partial charge in [0.2, 0.25) is 0 Å². The molecule has 2 aromatic rings. The third kappa shape index (κ3) is 4.05. The quantitative estimate of drug-likeness (QED) is 0.822. The summed E-state index contributed by atoms with van der Waals surface area (Å²) in [7, 11) is 0. The predicted octanol–water partition coefficient (Wildman–Crippen LogP) is 4.20. The van der Waals surface area contributed by atoms with Gasteiger partial charge in [-0.25, -0.2) is 4.98 Å². The average molecular weight is 346 g/mol. The third-order valence-electron chi connectivity index (χ3n) is 2.50. The molecule has 18 heavy (non-hydrogen) atoms. The summed E-state index contributed by atoms with van der Waals surface area (Å²) in [4.78, 5) is 4.43. The summed E-state index contributed by atoms with van der Waals surface area (Å²) in [6.45, 7) is 3.81. The summed E-state index contributed by atoms with van der Waals surface area (Å²) in [5, 5.41) is 7.44. The molecule has 2 rings (SSSR count). The second-order valence-electron chi connectivity index (χ2n) is 4.06. The highest BCUT2D eigenvalue weighted by molar-refractivity contribution is 9.10. The van der Waals surface area contributed by atoms with E-state index in [1.807, 2.05) is 25.1 Å². The number of aryl methyl sites for hydroxylation is 1. The lowest BCUT2D eigenvalue weighted by Crippen LogP contribution is -2.16. The minimum Gasteiger partial charge on any atom is -0.312 e. The Kier molecular flexibility index (Phi) is 5.18. The minimum atomic E-state index is 0.747. The van der Waals surface area contributed by atoms with Gasteiger partial charge in [0, 0.05) is 35.1 Å². The van der Waals surface area contributed by atoms with Crippen molar-refractivity contribution in [2.75, 3.05) is 6.54 Å². The van der Waals surface area contributed by atoms with E-state index < -0.39 is 0 Å². The zero-order valence-corrected chi connectivity index (χ0v) is 13.2. The Balaban J connectivity index is 1.76. The Morgan fingerprint density at radius 1 is 1.44 bits per heavy atom. The van der Waals surface area contributed by atoms with E-state index in [2.05, 4.69) is 31.6 Å². The zero-order chi connectivity index (χ0) is 13.0. The van der Waals surface area contributed by atoms with Gasteiger partial charge < -0.3 is 5.32 Å². The molecule has 0 atom stereocenters. The van der Waals surface area contributed by atoms with E-state index in [-0.39, 0.29) is 0 Å². The smallest absolute Gasteiger partial charge is 0.0940 e. The molecule has 0 aliphatic carbocycles. The van der Waals surface area contributed by atoms with Gasteiger partial charge >= 0.3 is 0 Å². The Labute approximate surface area is 125 Å². The molecule has 96 valence electrons. The number of benzene rings is 1. The van der Waals surface area contributed by atoms with Crippen LogP contribution >= 0.6 is 38.9 Å². The summed E-state index contributed by atoms with van der Waals surface area (Å²) < 4.78 is 0.944. The highest BCUT2D eigenvalue weighted by atomic mass is 79.9. The number of thiazole rings is 1. The fourth-order valence-electron chi connectivity index (χ4n) is 1.60. The van der Waals surface area contributed by atoms with E-state index in [1.54, 1.807) is 11.3 Å². The van der Waals surface area contributed by atoms with Gasteiger partial charge in [0.25, 0.3) is 0 Å². The normalized spacial score (nSPS) is 10.8. The molecule has 0 radical (unpaired) electrons. The van der Waals surface area contributed by atoms with Crippen molar-refractivity contribution in [1.29, 1.82) is 0 Å². The van der Waals surface area contributed by atoms with Crippen LogP contribution in [0.4, 0.5) is 0 Å². The van der Waals surface area contributed by atoms with Crippen LogP contribution in [-0.2, 0) is 13.0 Å². The fourth-order valence-corrected chi connectivity index (χ4v) is 2.91. The molecule has 1 aromatic carbocycles. The molecule has 0 aliphatic heterocycles. The van der Waals surface area contributed by atoms with Crippen molar-refractivity contribution >= 4 is 38.9 Å². The molecule has 2 nitrogen and oxygen atoms in total. The summed E-state index contributed by atoms with van der Waals surface area (Å²) in [5.41, 5.74) is 2.33. The summed E-state index contributed by atoms with van der Waals surface area (Å²) in [6, 6.07) is 5.99. The summed E-state index contributed by atoms with van der Waals surface area (Å²) >= 11 is 11.1. The molecular weight excluding hydrogens is 332 g/mol. The molecular formula is C13H14BrClN2S. The molecule has 1 N–H and O–H groups in total. The largest absolute Gasteiger partial charge is 0.312 e. The Hall–Kier alpha value is -0.420. The van der Waals surface area contributed by atoms with E-state index in [4.69, 9.17) is 11.6 Å². The first-order chi connectivity index (χ1) is 8.65. The highest BCUT2D eigenvalue weighted by Gasteiger charge is 2.00. The molecule has 0 saturated heterocycles. The second kappa shape index (κ2) is 6.66. The van der Waals surface area contributed by atoms with Crippen molar-refractivity contribution in [2.45, 2.75) is 19.9 Å². The van der Waals surface area contributed by atoms with Gasteiger partial charge in [0.1, 0.15) is 0 Å². The molecule has 0 aliphatic rings. The number of rotatable bonds is 5. The van der Waals surface area contributed by atoms with Gasteiger partial charge in [-0.15, -0.1) is 11.3 Å². The minimum absolute atomic E-state index is 0.747. The van der Waals surface area contributed by atoms with E-state index in [9.17, 15) is 0 Å². The molecule has 0 unspecified atom stereocenters. The zero-order valence-electron chi connectivity index (χ0n) is 10.0. The number of nitrogens with zero attached hydrogens (tertiary/aromatic N) is 1. The maximum absolute atomic E-state index is 5.95. The molecule has 0 fully saturated rings. The lowest BCUT2D eigenvalue weighted by Gasteiger charge is -2.05. The van der Waals surface area contributed by atoms with Crippen LogP contribution in [0, 0.1) is 6.92 Å². The highest BCUT2D eigenvalue weighted by Crippen LogP contribution is 2.23. The first kappa shape index (κ1) is 14.0. The topological polar surface area (TPSA) is 24.9 Å². The van der Waals surface area contributed by atoms with Crippen molar-refractivity contribution in [2.24, 2.45) is 0 Å². The van der Waals surface area contributed by atoms with Crippen molar-refractivity contribution in [3.05, 3.63) is 49.3 Å². The van der Waals surface area contributed by atoms with Gasteiger partial charge in [0.05, 0.1) is 10.0 Å². The molecule has 1 heterocycles. The van der Waals surface area contributed by atoms with Crippen LogP contribution in [0.3, 0.4) is 0 Å². The molecule has 5 heteroatoms. The number of aromatic nitrogens is 1. The van der Waals surface area contributed by atoms with Crippen molar-refractivity contribution in [3.8, 4) is 0 Å². The predicted molar refractivity (Wildman–Crippen MR) is 81.4 cm³/mol. The average Bonchev–Trinajstić information content (AvgIpc) is 2.75. The lowest BCUT2D eigenvalue weighted by molar-refractivity contribution is 0.684. The van der Waals surface area contributed by atoms with Crippen molar-refractivity contribution in [3.63, 3.8) is 0 Å². The van der Waals surface area contributed by atoms with Gasteiger partial charge in [-0.05, 0) is 40.5 Å². The standard InChI is InChI=1S/C13H14BrClN2S/c1-9-8-18-13(17-9)4-5-16-7-10-2-3-12(15)11(14)6-10/h2-3,6,8,16H,4-5,7H2,1H3. The van der Waals surface area contributed by atoms with Crippen LogP contribution < -0.4 is 5.32 Å². The Morgan fingerprint density at radius 2 is 2.28 bits per heavy atom. The molecule has 0 bridgehead atoms. The number of hydrogen-bond acceptors (Lipinski definition) is 3. The monoisotopic (exact) mass is 344 g/mol. The first-order valence-corrected chi connectivity index (χ1v) is 7.76. The second-order valence-corrected chi connectivity index (χ2v) is 6.26. The van der Waals surface area contributed by atoms with E-state index in [1.165, 1.54) is 10.6 Å². The Bertz CT molecular complexity index is 527. The third-order valence-corrected chi connectivity index (χ3v) is 4.74. The van der Waals surface area contributed by atoms with Gasteiger partial charge in [-0.2, -0.15) is 0 Å². The van der Waals surface area contributed by atoms with E-state index >= 15 is 0 Å². The Morgan fingerprint density at radius 3 is 2.94 bits per heavy atom. The maximum atomic E-state index is 5.95. The van der Waals surface area contributed by atoms with E-state index in [0.717, 1.165) is 34.7 Å². The number of hydrogen-bond donors (Lipinski definition) is 1. The van der Waals surface area contributed by atoms with Gasteiger partial charge in [-0.1, -0.05) is 17.7 Å².